The van der Waals surface area contributed by atoms with E-state index in [1.807, 2.05) is 30.3 Å². The summed E-state index contributed by atoms with van der Waals surface area (Å²) in [6.07, 6.45) is 1.68. The summed E-state index contributed by atoms with van der Waals surface area (Å²) in [5.74, 6) is -0.598. The number of imidazole rings is 1. The first-order valence-electron chi connectivity index (χ1n) is 9.72. The highest BCUT2D eigenvalue weighted by molar-refractivity contribution is 5.91. The molecule has 1 aromatic heterocycles. The Morgan fingerprint density at radius 3 is 2.71 bits per heavy atom. The van der Waals surface area contributed by atoms with Gasteiger partial charge in [0.15, 0.2) is 0 Å². The van der Waals surface area contributed by atoms with Crippen LogP contribution in [0, 0.1) is 10.1 Å². The maximum absolute atomic E-state index is 12.1. The molecule has 1 atom stereocenters. The Bertz CT molecular complexity index is 1170. The van der Waals surface area contributed by atoms with E-state index in [1.54, 1.807) is 29.8 Å². The molecule has 0 radical (unpaired) electrons. The summed E-state index contributed by atoms with van der Waals surface area (Å²) >= 11 is 0. The SMILES string of the molecule is CC1=C(C(=O)O)C(c2cccc([N+](=O)[O-])c2)n2c(CNCc3ccccc3)cnc2N1. The van der Waals surface area contributed by atoms with E-state index in [-0.39, 0.29) is 11.3 Å². The van der Waals surface area contributed by atoms with Crippen molar-refractivity contribution in [2.75, 3.05) is 5.32 Å². The number of nitro benzene ring substituents is 1. The van der Waals surface area contributed by atoms with E-state index in [4.69, 9.17) is 0 Å². The average molecular weight is 419 g/mol. The molecule has 9 heteroatoms. The van der Waals surface area contributed by atoms with Crippen molar-refractivity contribution >= 4 is 17.6 Å². The summed E-state index contributed by atoms with van der Waals surface area (Å²) in [5.41, 5.74) is 2.87. The predicted molar refractivity (Wildman–Crippen MR) is 114 cm³/mol. The van der Waals surface area contributed by atoms with Gasteiger partial charge in [-0.15, -0.1) is 0 Å². The summed E-state index contributed by atoms with van der Waals surface area (Å²) < 4.78 is 1.79. The van der Waals surface area contributed by atoms with Gasteiger partial charge in [-0.2, -0.15) is 0 Å². The zero-order valence-corrected chi connectivity index (χ0v) is 16.8. The van der Waals surface area contributed by atoms with Crippen molar-refractivity contribution in [2.24, 2.45) is 0 Å². The van der Waals surface area contributed by atoms with Crippen LogP contribution in [0.2, 0.25) is 0 Å². The number of nitrogens with one attached hydrogen (secondary N) is 2. The number of aliphatic carboxylic acids is 1. The van der Waals surface area contributed by atoms with Gasteiger partial charge in [-0.3, -0.25) is 10.1 Å². The van der Waals surface area contributed by atoms with Crippen molar-refractivity contribution in [2.45, 2.75) is 26.1 Å². The lowest BCUT2D eigenvalue weighted by molar-refractivity contribution is -0.384. The molecule has 1 aliphatic heterocycles. The van der Waals surface area contributed by atoms with E-state index >= 15 is 0 Å². The Morgan fingerprint density at radius 2 is 2.00 bits per heavy atom. The minimum absolute atomic E-state index is 0.0937. The molecule has 9 nitrogen and oxygen atoms in total. The van der Waals surface area contributed by atoms with Gasteiger partial charge in [0.25, 0.3) is 5.69 Å². The van der Waals surface area contributed by atoms with E-state index in [2.05, 4.69) is 15.6 Å². The molecule has 2 heterocycles. The average Bonchev–Trinajstić information content (AvgIpc) is 3.15. The van der Waals surface area contributed by atoms with E-state index in [9.17, 15) is 20.0 Å². The molecule has 0 aliphatic carbocycles. The van der Waals surface area contributed by atoms with Gasteiger partial charge in [0.2, 0.25) is 5.95 Å². The molecule has 0 saturated carbocycles. The minimum atomic E-state index is -1.09. The summed E-state index contributed by atoms with van der Waals surface area (Å²) in [4.78, 5) is 27.3. The zero-order valence-electron chi connectivity index (χ0n) is 16.8. The topological polar surface area (TPSA) is 122 Å². The number of carboxylic acid groups (broad SMARTS) is 1. The van der Waals surface area contributed by atoms with E-state index in [0.717, 1.165) is 11.3 Å². The molecule has 0 fully saturated rings. The fourth-order valence-electron chi connectivity index (χ4n) is 3.81. The van der Waals surface area contributed by atoms with Crippen LogP contribution in [-0.2, 0) is 17.9 Å². The number of non-ortho nitro benzene ring substituents is 1. The number of carboxylic acids is 1. The lowest BCUT2D eigenvalue weighted by atomic mass is 9.94. The second-order valence-corrected chi connectivity index (χ2v) is 7.26. The van der Waals surface area contributed by atoms with Crippen LogP contribution >= 0.6 is 0 Å². The second-order valence-electron chi connectivity index (χ2n) is 7.26. The standard InChI is InChI=1S/C22H21N5O4/c1-14-19(21(28)29)20(16-8-5-9-17(10-16)27(30)31)26-18(13-24-22(26)25-14)12-23-11-15-6-3-2-4-7-15/h2-10,13,20,23H,11-12H2,1H3,(H,24,25)(H,28,29). The van der Waals surface area contributed by atoms with Gasteiger partial charge >= 0.3 is 5.97 Å². The van der Waals surface area contributed by atoms with Gasteiger partial charge in [0.1, 0.15) is 0 Å². The van der Waals surface area contributed by atoms with Crippen molar-refractivity contribution < 1.29 is 14.8 Å². The number of hydrogen-bond acceptors (Lipinski definition) is 6. The molecule has 0 amide bonds. The molecular weight excluding hydrogens is 398 g/mol. The Hall–Kier alpha value is -3.98. The fourth-order valence-corrected chi connectivity index (χ4v) is 3.81. The minimum Gasteiger partial charge on any atom is -0.478 e. The Kier molecular flexibility index (Phi) is 5.50. The molecule has 2 aromatic carbocycles. The third-order valence-electron chi connectivity index (χ3n) is 5.21. The Morgan fingerprint density at radius 1 is 1.23 bits per heavy atom. The molecule has 0 saturated heterocycles. The highest BCUT2D eigenvalue weighted by Gasteiger charge is 2.34. The number of rotatable bonds is 7. The number of hydrogen-bond donors (Lipinski definition) is 3. The van der Waals surface area contributed by atoms with Crippen molar-refractivity contribution in [1.29, 1.82) is 0 Å². The van der Waals surface area contributed by atoms with Crippen LogP contribution in [0.5, 0.6) is 0 Å². The van der Waals surface area contributed by atoms with Gasteiger partial charge < -0.3 is 20.3 Å². The van der Waals surface area contributed by atoms with Crippen molar-refractivity contribution in [1.82, 2.24) is 14.9 Å². The highest BCUT2D eigenvalue weighted by atomic mass is 16.6. The number of allylic oxidation sites excluding steroid dienone is 1. The monoisotopic (exact) mass is 419 g/mol. The molecule has 0 bridgehead atoms. The first-order valence-corrected chi connectivity index (χ1v) is 9.72. The number of aromatic nitrogens is 2. The normalized spacial score (nSPS) is 15.3. The van der Waals surface area contributed by atoms with E-state index in [1.165, 1.54) is 12.1 Å². The van der Waals surface area contributed by atoms with Gasteiger partial charge in [-0.05, 0) is 18.1 Å². The van der Waals surface area contributed by atoms with Gasteiger partial charge in [0.05, 0.1) is 28.4 Å². The third-order valence-corrected chi connectivity index (χ3v) is 5.21. The molecule has 3 N–H and O–H groups in total. The second kappa shape index (κ2) is 8.41. The molecule has 158 valence electrons. The van der Waals surface area contributed by atoms with Crippen LogP contribution in [0.3, 0.4) is 0 Å². The fraction of sp³-hybridized carbons (Fsp3) is 0.182. The summed E-state index contributed by atoms with van der Waals surface area (Å²) in [6, 6.07) is 15.2. The molecule has 4 rings (SSSR count). The maximum atomic E-state index is 12.1. The van der Waals surface area contributed by atoms with Crippen LogP contribution in [-0.4, -0.2) is 25.6 Å². The third kappa shape index (κ3) is 4.03. The Balaban J connectivity index is 1.71. The van der Waals surface area contributed by atoms with Crippen LogP contribution in [0.15, 0.2) is 72.1 Å². The van der Waals surface area contributed by atoms with Crippen molar-refractivity contribution in [3.8, 4) is 0 Å². The molecular formula is C22H21N5O4. The molecule has 3 aromatic rings. The van der Waals surface area contributed by atoms with Gasteiger partial charge in [0, 0.05) is 30.9 Å². The number of carbonyl (C=O) groups is 1. The van der Waals surface area contributed by atoms with E-state index in [0.29, 0.717) is 30.3 Å². The summed E-state index contributed by atoms with van der Waals surface area (Å²) in [6.45, 7) is 2.75. The number of benzene rings is 2. The van der Waals surface area contributed by atoms with Crippen LogP contribution in [0.4, 0.5) is 11.6 Å². The predicted octanol–water partition coefficient (Wildman–Crippen LogP) is 3.45. The van der Waals surface area contributed by atoms with Crippen LogP contribution in [0.1, 0.15) is 29.8 Å². The van der Waals surface area contributed by atoms with Crippen molar-refractivity contribution in [3.05, 3.63) is 99.0 Å². The van der Waals surface area contributed by atoms with Crippen molar-refractivity contribution in [3.63, 3.8) is 0 Å². The summed E-state index contributed by atoms with van der Waals surface area (Å²) in [5, 5.41) is 27.6. The number of nitro groups is 1. The maximum Gasteiger partial charge on any atom is 0.335 e. The highest BCUT2D eigenvalue weighted by Crippen LogP contribution is 2.38. The van der Waals surface area contributed by atoms with E-state index < -0.39 is 16.9 Å². The lowest BCUT2D eigenvalue weighted by Crippen LogP contribution is -2.30. The van der Waals surface area contributed by atoms with Crippen LogP contribution < -0.4 is 10.6 Å². The molecule has 31 heavy (non-hydrogen) atoms. The number of anilines is 1. The molecule has 1 aliphatic rings. The largest absolute Gasteiger partial charge is 0.478 e. The quantitative estimate of drug-likeness (QED) is 0.396. The Labute approximate surface area is 178 Å². The van der Waals surface area contributed by atoms with Crippen LogP contribution in [0.25, 0.3) is 0 Å². The smallest absolute Gasteiger partial charge is 0.335 e. The number of nitrogens with zero attached hydrogens (tertiary/aromatic N) is 3. The lowest BCUT2D eigenvalue weighted by Gasteiger charge is -2.30. The van der Waals surface area contributed by atoms with Gasteiger partial charge in [-0.25, -0.2) is 9.78 Å². The number of fused-ring (bicyclic) bond motifs is 1. The first-order chi connectivity index (χ1) is 15.0. The first kappa shape index (κ1) is 20.3. The summed E-state index contributed by atoms with van der Waals surface area (Å²) in [7, 11) is 0. The molecule has 1 unspecified atom stereocenters. The molecule has 0 spiro atoms. The van der Waals surface area contributed by atoms with Gasteiger partial charge in [-0.1, -0.05) is 42.5 Å². The zero-order chi connectivity index (χ0) is 22.0.